The first-order chi connectivity index (χ1) is 6.19. The molecule has 0 aliphatic carbocycles. The Balaban J connectivity index is 3.07. The van der Waals surface area contributed by atoms with Crippen LogP contribution in [-0.2, 0) is 0 Å². The Morgan fingerprint density at radius 3 is 2.92 bits per heavy atom. The summed E-state index contributed by atoms with van der Waals surface area (Å²) in [5, 5.41) is 0. The molecule has 2 N–H and O–H groups in total. The Hall–Kier alpha value is -1.16. The van der Waals surface area contributed by atoms with Gasteiger partial charge in [0.25, 0.3) is 0 Å². The minimum Gasteiger partial charge on any atom is -0.481 e. The Kier molecular flexibility index (Phi) is 3.19. The summed E-state index contributed by atoms with van der Waals surface area (Å²) in [4.78, 5) is 3.79. The number of hydrogen-bond donors (Lipinski definition) is 1. The second-order valence-corrected chi connectivity index (χ2v) is 2.77. The Morgan fingerprint density at radius 1 is 1.69 bits per heavy atom. The van der Waals surface area contributed by atoms with Gasteiger partial charge in [-0.25, -0.2) is 9.37 Å². The van der Waals surface area contributed by atoms with Gasteiger partial charge in [0, 0.05) is 11.6 Å². The fraction of sp³-hybridized carbons (Fsp3) is 0.444. The van der Waals surface area contributed by atoms with E-state index in [1.54, 1.807) is 0 Å². The molecule has 13 heavy (non-hydrogen) atoms. The molecule has 4 heteroatoms. The van der Waals surface area contributed by atoms with Gasteiger partial charge in [-0.1, -0.05) is 6.92 Å². The Bertz CT molecular complexity index is 291. The van der Waals surface area contributed by atoms with Crippen molar-refractivity contribution < 1.29 is 9.13 Å². The summed E-state index contributed by atoms with van der Waals surface area (Å²) < 4.78 is 17.8. The number of nitrogens with two attached hydrogens (primary N) is 1. The summed E-state index contributed by atoms with van der Waals surface area (Å²) in [7, 11) is 1.49. The van der Waals surface area contributed by atoms with Crippen LogP contribution in [0.15, 0.2) is 12.3 Å². The third-order valence-corrected chi connectivity index (χ3v) is 1.88. The molecule has 0 aliphatic heterocycles. The molecule has 0 radical (unpaired) electrons. The van der Waals surface area contributed by atoms with Crippen molar-refractivity contribution in [3.05, 3.63) is 23.6 Å². The maximum Gasteiger partial charge on any atom is 0.218 e. The van der Waals surface area contributed by atoms with Gasteiger partial charge in [-0.15, -0.1) is 0 Å². The number of aromatic nitrogens is 1. The molecule has 0 saturated carbocycles. The third-order valence-electron chi connectivity index (χ3n) is 1.88. The first-order valence-corrected chi connectivity index (χ1v) is 4.14. The number of hydrogen-bond acceptors (Lipinski definition) is 3. The van der Waals surface area contributed by atoms with Crippen molar-refractivity contribution in [3.63, 3.8) is 0 Å². The maximum atomic E-state index is 12.8. The van der Waals surface area contributed by atoms with Gasteiger partial charge in [-0.3, -0.25) is 0 Å². The highest BCUT2D eigenvalue weighted by atomic mass is 19.1. The summed E-state index contributed by atoms with van der Waals surface area (Å²) in [6.07, 6.45) is 1.84. The number of rotatable bonds is 3. The largest absolute Gasteiger partial charge is 0.481 e. The van der Waals surface area contributed by atoms with Crippen LogP contribution in [0.25, 0.3) is 0 Å². The van der Waals surface area contributed by atoms with E-state index in [9.17, 15) is 4.39 Å². The third kappa shape index (κ3) is 2.15. The lowest BCUT2D eigenvalue weighted by molar-refractivity contribution is 0.385. The lowest BCUT2D eigenvalue weighted by atomic mass is 10.1. The quantitative estimate of drug-likeness (QED) is 0.776. The van der Waals surface area contributed by atoms with Crippen molar-refractivity contribution >= 4 is 0 Å². The van der Waals surface area contributed by atoms with Gasteiger partial charge in [0.15, 0.2) is 0 Å². The van der Waals surface area contributed by atoms with Gasteiger partial charge in [0.05, 0.1) is 13.3 Å². The summed E-state index contributed by atoms with van der Waals surface area (Å²) >= 11 is 0. The molecule has 1 aromatic heterocycles. The molecule has 0 amide bonds. The van der Waals surface area contributed by atoms with Crippen molar-refractivity contribution in [2.75, 3.05) is 7.11 Å². The maximum absolute atomic E-state index is 12.8. The first-order valence-electron chi connectivity index (χ1n) is 4.14. The molecule has 72 valence electrons. The molecule has 1 heterocycles. The van der Waals surface area contributed by atoms with Crippen LogP contribution < -0.4 is 10.5 Å². The fourth-order valence-electron chi connectivity index (χ4n) is 1.10. The number of halogens is 1. The molecule has 0 bridgehead atoms. The van der Waals surface area contributed by atoms with Gasteiger partial charge in [-0.2, -0.15) is 0 Å². The Labute approximate surface area is 76.7 Å². The number of nitrogens with zero attached hydrogens (tertiary/aromatic N) is 1. The van der Waals surface area contributed by atoms with E-state index in [1.165, 1.54) is 13.2 Å². The van der Waals surface area contributed by atoms with Crippen LogP contribution in [0.5, 0.6) is 5.88 Å². The van der Waals surface area contributed by atoms with E-state index in [4.69, 9.17) is 10.5 Å². The van der Waals surface area contributed by atoms with Crippen LogP contribution >= 0.6 is 0 Å². The van der Waals surface area contributed by atoms with Gasteiger partial charge in [0.2, 0.25) is 5.88 Å². The molecular formula is C9H13FN2O. The molecule has 0 fully saturated rings. The second-order valence-electron chi connectivity index (χ2n) is 2.77. The zero-order chi connectivity index (χ0) is 9.84. The monoisotopic (exact) mass is 184 g/mol. The number of ether oxygens (including phenoxy) is 1. The summed E-state index contributed by atoms with van der Waals surface area (Å²) in [5.41, 5.74) is 6.37. The van der Waals surface area contributed by atoms with Crippen molar-refractivity contribution in [2.45, 2.75) is 19.4 Å². The van der Waals surface area contributed by atoms with Gasteiger partial charge in [-0.05, 0) is 12.5 Å². The van der Waals surface area contributed by atoms with Crippen molar-refractivity contribution in [1.29, 1.82) is 0 Å². The SMILES string of the molecule is CC[C@@H](N)c1cc(F)cnc1OC. The lowest BCUT2D eigenvalue weighted by Crippen LogP contribution is -2.11. The summed E-state index contributed by atoms with van der Waals surface area (Å²) in [5.74, 6) is 0.00968. The highest BCUT2D eigenvalue weighted by molar-refractivity contribution is 5.29. The van der Waals surface area contributed by atoms with Crippen LogP contribution in [0, 0.1) is 5.82 Å². The molecule has 3 nitrogen and oxygen atoms in total. The van der Waals surface area contributed by atoms with Gasteiger partial charge >= 0.3 is 0 Å². The first kappa shape index (κ1) is 9.92. The average Bonchev–Trinajstić information content (AvgIpc) is 2.16. The van der Waals surface area contributed by atoms with E-state index < -0.39 is 0 Å². The zero-order valence-corrected chi connectivity index (χ0v) is 7.75. The zero-order valence-electron chi connectivity index (χ0n) is 7.75. The second kappa shape index (κ2) is 4.18. The van der Waals surface area contributed by atoms with E-state index in [2.05, 4.69) is 4.98 Å². The normalized spacial score (nSPS) is 12.6. The molecule has 0 aromatic carbocycles. The highest BCUT2D eigenvalue weighted by Crippen LogP contribution is 2.23. The van der Waals surface area contributed by atoms with Crippen LogP contribution in [0.2, 0.25) is 0 Å². The fourth-order valence-corrected chi connectivity index (χ4v) is 1.10. The molecule has 1 aromatic rings. The molecular weight excluding hydrogens is 171 g/mol. The predicted molar refractivity (Wildman–Crippen MR) is 48.0 cm³/mol. The van der Waals surface area contributed by atoms with Gasteiger partial charge < -0.3 is 10.5 Å². The molecule has 1 rings (SSSR count). The van der Waals surface area contributed by atoms with Crippen molar-refractivity contribution in [3.8, 4) is 5.88 Å². The van der Waals surface area contributed by atoms with Crippen molar-refractivity contribution in [2.24, 2.45) is 5.73 Å². The van der Waals surface area contributed by atoms with E-state index in [0.29, 0.717) is 11.4 Å². The smallest absolute Gasteiger partial charge is 0.218 e. The average molecular weight is 184 g/mol. The lowest BCUT2D eigenvalue weighted by Gasteiger charge is -2.12. The molecule has 0 saturated heterocycles. The van der Waals surface area contributed by atoms with Gasteiger partial charge in [0.1, 0.15) is 5.82 Å². The molecule has 0 unspecified atom stereocenters. The van der Waals surface area contributed by atoms with Crippen LogP contribution in [0.4, 0.5) is 4.39 Å². The van der Waals surface area contributed by atoms with E-state index in [-0.39, 0.29) is 11.9 Å². The minimum absolute atomic E-state index is 0.224. The highest BCUT2D eigenvalue weighted by Gasteiger charge is 2.12. The van der Waals surface area contributed by atoms with Crippen LogP contribution in [-0.4, -0.2) is 12.1 Å². The van der Waals surface area contributed by atoms with E-state index >= 15 is 0 Å². The number of methoxy groups -OCH3 is 1. The van der Waals surface area contributed by atoms with Crippen molar-refractivity contribution in [1.82, 2.24) is 4.98 Å². The summed E-state index contributed by atoms with van der Waals surface area (Å²) in [6, 6.07) is 1.14. The van der Waals surface area contributed by atoms with E-state index in [1.807, 2.05) is 6.92 Å². The molecule has 0 spiro atoms. The molecule has 1 atom stereocenters. The van der Waals surface area contributed by atoms with E-state index in [0.717, 1.165) is 12.6 Å². The van der Waals surface area contributed by atoms with Crippen LogP contribution in [0.1, 0.15) is 24.9 Å². The standard InChI is InChI=1S/C9H13FN2O/c1-3-8(11)7-4-6(10)5-12-9(7)13-2/h4-5,8H,3,11H2,1-2H3/t8-/m1/s1. The topological polar surface area (TPSA) is 48.1 Å². The summed E-state index contributed by atoms with van der Waals surface area (Å²) in [6.45, 7) is 1.93. The van der Waals surface area contributed by atoms with Crippen LogP contribution in [0.3, 0.4) is 0 Å². The molecule has 0 aliphatic rings. The Morgan fingerprint density at radius 2 is 2.38 bits per heavy atom. The minimum atomic E-state index is -0.389. The number of pyridine rings is 1. The predicted octanol–water partition coefficient (Wildman–Crippen LogP) is 1.64.